The summed E-state index contributed by atoms with van der Waals surface area (Å²) in [5.41, 5.74) is 6.46. The first-order valence-electron chi connectivity index (χ1n) is 11.4. The van der Waals surface area contributed by atoms with Crippen molar-refractivity contribution in [2.45, 2.75) is 47.0 Å². The topological polar surface area (TPSA) is 35.5 Å². The molecule has 0 aliphatic carbocycles. The number of Topliss-reactive ketones (excluding diaryl/α,β-unsaturated/α-hetero) is 1. The van der Waals surface area contributed by atoms with Crippen LogP contribution in [0.25, 0.3) is 5.57 Å². The molecule has 0 bridgehead atoms. The van der Waals surface area contributed by atoms with Crippen LogP contribution in [0.4, 0.5) is 0 Å². The van der Waals surface area contributed by atoms with Gasteiger partial charge in [-0.3, -0.25) is 4.79 Å². The maximum Gasteiger partial charge on any atom is 0.156 e. The van der Waals surface area contributed by atoms with Crippen molar-refractivity contribution in [3.63, 3.8) is 0 Å². The fourth-order valence-corrected chi connectivity index (χ4v) is 3.89. The quantitative estimate of drug-likeness (QED) is 0.343. The van der Waals surface area contributed by atoms with E-state index in [2.05, 4.69) is 43.3 Å². The Labute approximate surface area is 199 Å². The second-order valence-corrected chi connectivity index (χ2v) is 8.01. The Hall–Kier alpha value is -3.33. The molecule has 33 heavy (non-hydrogen) atoms. The van der Waals surface area contributed by atoms with Gasteiger partial charge >= 0.3 is 0 Å². The zero-order valence-electron chi connectivity index (χ0n) is 20.8. The summed E-state index contributed by atoms with van der Waals surface area (Å²) in [6, 6.07) is 24.5. The number of benzene rings is 3. The van der Waals surface area contributed by atoms with Crippen LogP contribution in [-0.4, -0.2) is 20.0 Å². The van der Waals surface area contributed by atoms with Crippen LogP contribution in [0.15, 0.2) is 78.4 Å². The van der Waals surface area contributed by atoms with Crippen molar-refractivity contribution in [2.24, 2.45) is 0 Å². The summed E-state index contributed by atoms with van der Waals surface area (Å²) in [5.74, 6) is 1.58. The van der Waals surface area contributed by atoms with E-state index in [0.717, 1.165) is 46.6 Å². The molecule has 0 aliphatic rings. The molecule has 3 aromatic rings. The third-order valence-electron chi connectivity index (χ3n) is 5.74. The minimum absolute atomic E-state index is 0.103. The zero-order valence-corrected chi connectivity index (χ0v) is 20.8. The Balaban J connectivity index is 0.000000405. The Kier molecular flexibility index (Phi) is 10.4. The molecule has 0 atom stereocenters. The molecule has 3 heteroatoms. The largest absolute Gasteiger partial charge is 0.497 e. The van der Waals surface area contributed by atoms with E-state index >= 15 is 0 Å². The molecule has 3 nitrogen and oxygen atoms in total. The molecule has 174 valence electrons. The lowest BCUT2D eigenvalue weighted by Gasteiger charge is -2.17. The standard InChI is InChI=1S/C22H26O3.C8H10/c1-15-13-19(24-4)14-21(25-5)22(15)16(2)20(17(3)23)12-11-18-9-7-6-8-10-18;1-2-8-6-4-3-5-7-8/h6-10,13-14H,11-12H2,1-5H3;3-7H,2H2,1H3/b20-16-;. The minimum atomic E-state index is 0.103. The Bertz CT molecular complexity index is 1050. The van der Waals surface area contributed by atoms with Crippen LogP contribution in [-0.2, 0) is 17.6 Å². The van der Waals surface area contributed by atoms with E-state index in [1.807, 2.05) is 50.2 Å². The molecule has 3 rings (SSSR count). The van der Waals surface area contributed by atoms with Gasteiger partial charge in [0, 0.05) is 11.6 Å². The molecule has 0 radical (unpaired) electrons. The highest BCUT2D eigenvalue weighted by Crippen LogP contribution is 2.36. The van der Waals surface area contributed by atoms with Crippen molar-refractivity contribution in [3.05, 3.63) is 101 Å². The van der Waals surface area contributed by atoms with Crippen molar-refractivity contribution < 1.29 is 14.3 Å². The van der Waals surface area contributed by atoms with Crippen LogP contribution in [0.5, 0.6) is 11.5 Å². The van der Waals surface area contributed by atoms with Gasteiger partial charge in [0.15, 0.2) is 5.78 Å². The van der Waals surface area contributed by atoms with E-state index in [9.17, 15) is 4.79 Å². The molecule has 0 heterocycles. The molecule has 0 fully saturated rings. The van der Waals surface area contributed by atoms with E-state index in [-0.39, 0.29) is 5.78 Å². The van der Waals surface area contributed by atoms with E-state index in [4.69, 9.17) is 9.47 Å². The zero-order chi connectivity index (χ0) is 24.2. The molecule has 0 N–H and O–H groups in total. The van der Waals surface area contributed by atoms with Gasteiger partial charge in [-0.05, 0) is 73.9 Å². The van der Waals surface area contributed by atoms with Gasteiger partial charge < -0.3 is 9.47 Å². The van der Waals surface area contributed by atoms with Crippen molar-refractivity contribution >= 4 is 11.4 Å². The van der Waals surface area contributed by atoms with Gasteiger partial charge in [0.25, 0.3) is 0 Å². The van der Waals surface area contributed by atoms with Crippen molar-refractivity contribution in [3.8, 4) is 11.5 Å². The fourth-order valence-electron chi connectivity index (χ4n) is 3.89. The van der Waals surface area contributed by atoms with Gasteiger partial charge in [-0.25, -0.2) is 0 Å². The van der Waals surface area contributed by atoms with Gasteiger partial charge in [-0.1, -0.05) is 67.6 Å². The number of methoxy groups -OCH3 is 2. The highest BCUT2D eigenvalue weighted by Gasteiger charge is 2.17. The molecular weight excluding hydrogens is 408 g/mol. The number of hydrogen-bond donors (Lipinski definition) is 0. The van der Waals surface area contributed by atoms with Crippen LogP contribution < -0.4 is 9.47 Å². The molecule has 0 amide bonds. The van der Waals surface area contributed by atoms with Crippen LogP contribution in [0.1, 0.15) is 49.4 Å². The number of allylic oxidation sites excluding steroid dienone is 2. The molecule has 0 aliphatic heterocycles. The smallest absolute Gasteiger partial charge is 0.156 e. The average Bonchev–Trinajstić information content (AvgIpc) is 2.84. The summed E-state index contributed by atoms with van der Waals surface area (Å²) < 4.78 is 10.9. The van der Waals surface area contributed by atoms with Crippen LogP contribution >= 0.6 is 0 Å². The summed E-state index contributed by atoms with van der Waals surface area (Å²) >= 11 is 0. The lowest BCUT2D eigenvalue weighted by Crippen LogP contribution is -2.04. The summed E-state index contributed by atoms with van der Waals surface area (Å²) in [4.78, 5) is 12.3. The van der Waals surface area contributed by atoms with Gasteiger partial charge in [-0.15, -0.1) is 0 Å². The Morgan fingerprint density at radius 2 is 1.39 bits per heavy atom. The lowest BCUT2D eigenvalue weighted by atomic mass is 9.91. The van der Waals surface area contributed by atoms with Crippen LogP contribution in [0.2, 0.25) is 0 Å². The van der Waals surface area contributed by atoms with Crippen molar-refractivity contribution in [1.82, 2.24) is 0 Å². The van der Waals surface area contributed by atoms with E-state index in [1.165, 1.54) is 11.1 Å². The van der Waals surface area contributed by atoms with Crippen molar-refractivity contribution in [1.29, 1.82) is 0 Å². The highest BCUT2D eigenvalue weighted by atomic mass is 16.5. The van der Waals surface area contributed by atoms with Crippen LogP contribution in [0, 0.1) is 6.92 Å². The molecule has 0 saturated carbocycles. The summed E-state index contributed by atoms with van der Waals surface area (Å²) in [5, 5.41) is 0. The van der Waals surface area contributed by atoms with Crippen molar-refractivity contribution in [2.75, 3.05) is 14.2 Å². The Morgan fingerprint density at radius 1 is 0.818 bits per heavy atom. The number of carbonyl (C=O) groups is 1. The van der Waals surface area contributed by atoms with Gasteiger partial charge in [0.2, 0.25) is 0 Å². The van der Waals surface area contributed by atoms with Gasteiger partial charge in [0.1, 0.15) is 11.5 Å². The predicted octanol–water partition coefficient (Wildman–Crippen LogP) is 7.26. The molecular formula is C30H36O3. The van der Waals surface area contributed by atoms with Gasteiger partial charge in [0.05, 0.1) is 14.2 Å². The summed E-state index contributed by atoms with van der Waals surface area (Å²) in [6.45, 7) is 7.81. The predicted molar refractivity (Wildman–Crippen MR) is 138 cm³/mol. The van der Waals surface area contributed by atoms with E-state index < -0.39 is 0 Å². The first-order chi connectivity index (χ1) is 15.9. The number of rotatable bonds is 8. The molecule has 0 spiro atoms. The van der Waals surface area contributed by atoms with Gasteiger partial charge in [-0.2, -0.15) is 0 Å². The lowest BCUT2D eigenvalue weighted by molar-refractivity contribution is -0.113. The third kappa shape index (κ3) is 7.64. The average molecular weight is 445 g/mol. The molecule has 3 aromatic carbocycles. The molecule has 0 unspecified atom stereocenters. The highest BCUT2D eigenvalue weighted by molar-refractivity contribution is 6.01. The number of ketones is 1. The molecule has 0 saturated heterocycles. The van der Waals surface area contributed by atoms with E-state index in [0.29, 0.717) is 6.42 Å². The molecule has 0 aromatic heterocycles. The fraction of sp³-hybridized carbons (Fsp3) is 0.300. The summed E-state index contributed by atoms with van der Waals surface area (Å²) in [7, 11) is 3.28. The van der Waals surface area contributed by atoms with Crippen LogP contribution in [0.3, 0.4) is 0 Å². The number of hydrogen-bond acceptors (Lipinski definition) is 3. The first-order valence-corrected chi connectivity index (χ1v) is 11.4. The normalized spacial score (nSPS) is 11.1. The monoisotopic (exact) mass is 444 g/mol. The third-order valence-corrected chi connectivity index (χ3v) is 5.74. The maximum absolute atomic E-state index is 12.3. The SMILES string of the molecule is CCc1ccccc1.COc1cc(C)c(/C(C)=C(/CCc2ccccc2)C(C)=O)c(OC)c1. The summed E-state index contributed by atoms with van der Waals surface area (Å²) in [6.07, 6.45) is 2.69. The number of carbonyl (C=O) groups excluding carboxylic acids is 1. The number of ether oxygens (including phenoxy) is 2. The maximum atomic E-state index is 12.3. The second-order valence-electron chi connectivity index (χ2n) is 8.01. The minimum Gasteiger partial charge on any atom is -0.497 e. The van der Waals surface area contributed by atoms with E-state index in [1.54, 1.807) is 21.1 Å². The first kappa shape index (κ1) is 25.9. The second kappa shape index (κ2) is 13.3. The number of aryl methyl sites for hydroxylation is 3. The Morgan fingerprint density at radius 3 is 1.85 bits per heavy atom.